The molecule has 0 saturated carbocycles. The van der Waals surface area contributed by atoms with E-state index < -0.39 is 6.04 Å². The van der Waals surface area contributed by atoms with E-state index in [1.54, 1.807) is 37.3 Å². The highest BCUT2D eigenvalue weighted by molar-refractivity contribution is 6.35. The molecule has 0 aliphatic carbocycles. The summed E-state index contributed by atoms with van der Waals surface area (Å²) in [6.07, 6.45) is 0.812. The lowest BCUT2D eigenvalue weighted by Crippen LogP contribution is -2.49. The summed E-state index contributed by atoms with van der Waals surface area (Å²) in [7, 11) is 0. The van der Waals surface area contributed by atoms with Crippen LogP contribution in [0, 0.1) is 0 Å². The number of carbonyl (C=O) groups excluding carboxylic acids is 2. The standard InChI is InChI=1S/C21H24Cl2N2O3/c1-3-11-24-21(27)15(2)25(13-16-9-10-17(22)12-19(16)23)20(26)14-28-18-7-5-4-6-8-18/h4-10,12,15H,3,11,13-14H2,1-2H3,(H,24,27). The summed E-state index contributed by atoms with van der Waals surface area (Å²) in [6.45, 7) is 4.20. The van der Waals surface area contributed by atoms with E-state index in [2.05, 4.69) is 5.32 Å². The van der Waals surface area contributed by atoms with Gasteiger partial charge in [0.1, 0.15) is 11.8 Å². The van der Waals surface area contributed by atoms with Crippen molar-refractivity contribution in [2.75, 3.05) is 13.2 Å². The predicted molar refractivity (Wildman–Crippen MR) is 112 cm³/mol. The maximum absolute atomic E-state index is 12.9. The minimum atomic E-state index is -0.676. The number of nitrogens with one attached hydrogen (secondary N) is 1. The van der Waals surface area contributed by atoms with Crippen LogP contribution in [0.2, 0.25) is 10.0 Å². The molecule has 0 aliphatic rings. The first-order chi connectivity index (χ1) is 13.4. The zero-order valence-electron chi connectivity index (χ0n) is 16.0. The van der Waals surface area contributed by atoms with E-state index >= 15 is 0 Å². The molecule has 2 rings (SSSR count). The van der Waals surface area contributed by atoms with Crippen molar-refractivity contribution in [1.29, 1.82) is 0 Å². The largest absolute Gasteiger partial charge is 0.484 e. The number of halogens is 2. The van der Waals surface area contributed by atoms with Gasteiger partial charge in [0, 0.05) is 23.1 Å². The van der Waals surface area contributed by atoms with Gasteiger partial charge in [0.15, 0.2) is 6.61 Å². The van der Waals surface area contributed by atoms with Crippen molar-refractivity contribution in [3.8, 4) is 5.75 Å². The smallest absolute Gasteiger partial charge is 0.261 e. The molecule has 150 valence electrons. The highest BCUT2D eigenvalue weighted by Crippen LogP contribution is 2.23. The molecule has 1 N–H and O–H groups in total. The van der Waals surface area contributed by atoms with Gasteiger partial charge < -0.3 is 15.0 Å². The Morgan fingerprint density at radius 3 is 2.50 bits per heavy atom. The molecule has 7 heteroatoms. The van der Waals surface area contributed by atoms with E-state index in [-0.39, 0.29) is 25.0 Å². The second-order valence-electron chi connectivity index (χ2n) is 6.33. The Kier molecular flexibility index (Phi) is 8.61. The molecule has 1 atom stereocenters. The number of benzene rings is 2. The van der Waals surface area contributed by atoms with E-state index in [0.717, 1.165) is 6.42 Å². The SMILES string of the molecule is CCCNC(=O)C(C)N(Cc1ccc(Cl)cc1Cl)C(=O)COc1ccccc1. The molecule has 28 heavy (non-hydrogen) atoms. The van der Waals surface area contributed by atoms with Crippen molar-refractivity contribution in [1.82, 2.24) is 10.2 Å². The molecule has 0 spiro atoms. The molecule has 2 aromatic carbocycles. The minimum Gasteiger partial charge on any atom is -0.484 e. The Balaban J connectivity index is 2.16. The third-order valence-corrected chi connectivity index (χ3v) is 4.76. The van der Waals surface area contributed by atoms with Gasteiger partial charge in [-0.25, -0.2) is 0 Å². The van der Waals surface area contributed by atoms with E-state index in [0.29, 0.717) is 27.9 Å². The fourth-order valence-electron chi connectivity index (χ4n) is 2.56. The van der Waals surface area contributed by atoms with Crippen LogP contribution in [0.3, 0.4) is 0 Å². The number of ether oxygens (including phenoxy) is 1. The summed E-state index contributed by atoms with van der Waals surface area (Å²) < 4.78 is 5.57. The number of amides is 2. The van der Waals surface area contributed by atoms with Crippen molar-refractivity contribution >= 4 is 35.0 Å². The first kappa shape index (κ1) is 22.1. The van der Waals surface area contributed by atoms with Gasteiger partial charge in [0.2, 0.25) is 5.91 Å². The van der Waals surface area contributed by atoms with Crippen LogP contribution in [0.25, 0.3) is 0 Å². The molecule has 0 aliphatic heterocycles. The van der Waals surface area contributed by atoms with Gasteiger partial charge in [-0.15, -0.1) is 0 Å². The van der Waals surface area contributed by atoms with Crippen molar-refractivity contribution in [3.05, 3.63) is 64.1 Å². The molecule has 0 saturated heterocycles. The fourth-order valence-corrected chi connectivity index (χ4v) is 3.02. The van der Waals surface area contributed by atoms with Gasteiger partial charge in [-0.2, -0.15) is 0 Å². The van der Waals surface area contributed by atoms with Gasteiger partial charge in [0.05, 0.1) is 0 Å². The minimum absolute atomic E-state index is 0.174. The lowest BCUT2D eigenvalue weighted by atomic mass is 10.1. The molecule has 2 aromatic rings. The van der Waals surface area contributed by atoms with Crippen LogP contribution >= 0.6 is 23.2 Å². The zero-order valence-corrected chi connectivity index (χ0v) is 17.5. The molecule has 0 bridgehead atoms. The van der Waals surface area contributed by atoms with Crippen LogP contribution in [-0.4, -0.2) is 35.9 Å². The number of nitrogens with zero attached hydrogens (tertiary/aromatic N) is 1. The van der Waals surface area contributed by atoms with Crippen LogP contribution < -0.4 is 10.1 Å². The first-order valence-corrected chi connectivity index (χ1v) is 9.87. The maximum Gasteiger partial charge on any atom is 0.261 e. The monoisotopic (exact) mass is 422 g/mol. The Bertz CT molecular complexity index is 799. The lowest BCUT2D eigenvalue weighted by molar-refractivity contribution is -0.142. The predicted octanol–water partition coefficient (Wildman–Crippen LogP) is 4.32. The fraction of sp³-hybridized carbons (Fsp3) is 0.333. The molecule has 0 aromatic heterocycles. The van der Waals surface area contributed by atoms with Crippen LogP contribution in [0.1, 0.15) is 25.8 Å². The first-order valence-electron chi connectivity index (χ1n) is 9.11. The van der Waals surface area contributed by atoms with Crippen molar-refractivity contribution in [2.45, 2.75) is 32.9 Å². The second kappa shape index (κ2) is 10.9. The molecule has 1 unspecified atom stereocenters. The number of hydrogen-bond acceptors (Lipinski definition) is 3. The Hall–Kier alpha value is -2.24. The van der Waals surface area contributed by atoms with E-state index in [4.69, 9.17) is 27.9 Å². The summed E-state index contributed by atoms with van der Waals surface area (Å²) in [4.78, 5) is 26.8. The average Bonchev–Trinajstić information content (AvgIpc) is 2.70. The molecule has 2 amide bonds. The van der Waals surface area contributed by atoms with E-state index in [1.165, 1.54) is 4.90 Å². The van der Waals surface area contributed by atoms with E-state index in [9.17, 15) is 9.59 Å². The van der Waals surface area contributed by atoms with Crippen LogP contribution in [-0.2, 0) is 16.1 Å². The highest BCUT2D eigenvalue weighted by atomic mass is 35.5. The Labute approximate surface area is 175 Å². The highest BCUT2D eigenvalue weighted by Gasteiger charge is 2.27. The van der Waals surface area contributed by atoms with E-state index in [1.807, 2.05) is 25.1 Å². The third kappa shape index (κ3) is 6.43. The zero-order chi connectivity index (χ0) is 20.5. The van der Waals surface area contributed by atoms with Crippen molar-refractivity contribution in [3.63, 3.8) is 0 Å². The van der Waals surface area contributed by atoms with Crippen LogP contribution in [0.5, 0.6) is 5.75 Å². The lowest BCUT2D eigenvalue weighted by Gasteiger charge is -2.29. The third-order valence-electron chi connectivity index (χ3n) is 4.18. The summed E-state index contributed by atoms with van der Waals surface area (Å²) >= 11 is 12.2. The van der Waals surface area contributed by atoms with Crippen molar-refractivity contribution < 1.29 is 14.3 Å². The topological polar surface area (TPSA) is 58.6 Å². The summed E-state index contributed by atoms with van der Waals surface area (Å²) in [5, 5.41) is 3.77. The molecule has 0 radical (unpaired) electrons. The second-order valence-corrected chi connectivity index (χ2v) is 7.17. The quantitative estimate of drug-likeness (QED) is 0.654. The average molecular weight is 423 g/mol. The Morgan fingerprint density at radius 1 is 1.14 bits per heavy atom. The number of rotatable bonds is 9. The molecule has 0 fully saturated rings. The van der Waals surface area contributed by atoms with Gasteiger partial charge in [-0.3, -0.25) is 9.59 Å². The van der Waals surface area contributed by atoms with Gasteiger partial charge in [-0.1, -0.05) is 54.4 Å². The van der Waals surface area contributed by atoms with Crippen LogP contribution in [0.15, 0.2) is 48.5 Å². The van der Waals surface area contributed by atoms with Crippen LogP contribution in [0.4, 0.5) is 0 Å². The normalized spacial score (nSPS) is 11.6. The van der Waals surface area contributed by atoms with Gasteiger partial charge in [0.25, 0.3) is 5.91 Å². The molecular weight excluding hydrogens is 399 g/mol. The summed E-state index contributed by atoms with van der Waals surface area (Å²) in [6, 6.07) is 13.4. The summed E-state index contributed by atoms with van der Waals surface area (Å²) in [5.41, 5.74) is 0.703. The summed E-state index contributed by atoms with van der Waals surface area (Å²) in [5.74, 6) is 0.0532. The molecule has 5 nitrogen and oxygen atoms in total. The molecular formula is C21H24Cl2N2O3. The number of carbonyl (C=O) groups is 2. The number of para-hydroxylation sites is 1. The van der Waals surface area contributed by atoms with Crippen molar-refractivity contribution in [2.24, 2.45) is 0 Å². The number of hydrogen-bond donors (Lipinski definition) is 1. The van der Waals surface area contributed by atoms with Gasteiger partial charge in [-0.05, 0) is 43.2 Å². The van der Waals surface area contributed by atoms with Gasteiger partial charge >= 0.3 is 0 Å². The maximum atomic E-state index is 12.9. The molecule has 0 heterocycles. The Morgan fingerprint density at radius 2 is 1.86 bits per heavy atom.